The Morgan fingerprint density at radius 3 is 2.31 bits per heavy atom. The second-order valence-corrected chi connectivity index (χ2v) is 9.33. The number of hydrogen-bond donors (Lipinski definition) is 2. The molecule has 0 aliphatic carbocycles. The van der Waals surface area contributed by atoms with Crippen molar-refractivity contribution >= 4 is 11.6 Å². The number of likely N-dealkylation sites (tertiary alicyclic amines) is 1. The van der Waals surface area contributed by atoms with Crippen molar-refractivity contribution in [3.05, 3.63) is 95.6 Å². The third-order valence-electron chi connectivity index (χ3n) is 6.76. The van der Waals surface area contributed by atoms with Gasteiger partial charge in [0.15, 0.2) is 5.96 Å². The third kappa shape index (κ3) is 6.87. The maximum absolute atomic E-state index is 8.98. The summed E-state index contributed by atoms with van der Waals surface area (Å²) < 4.78 is 5.93. The van der Waals surface area contributed by atoms with Crippen molar-refractivity contribution in [2.75, 3.05) is 31.1 Å². The van der Waals surface area contributed by atoms with Gasteiger partial charge in [0, 0.05) is 25.3 Å². The first kappa shape index (κ1) is 25.3. The summed E-state index contributed by atoms with van der Waals surface area (Å²) in [7, 11) is 0. The van der Waals surface area contributed by atoms with E-state index >= 15 is 0 Å². The van der Waals surface area contributed by atoms with Crippen molar-refractivity contribution in [1.29, 1.82) is 10.7 Å². The molecular weight excluding hydrogens is 446 g/mol. The van der Waals surface area contributed by atoms with Gasteiger partial charge in [-0.25, -0.2) is 0 Å². The maximum atomic E-state index is 8.98. The summed E-state index contributed by atoms with van der Waals surface area (Å²) in [5.74, 6) is 1.99. The van der Waals surface area contributed by atoms with Gasteiger partial charge in [0.2, 0.25) is 0 Å². The SMILES string of the molecule is N#Cc1ccc(COc2ccc(N(CCCN)C(=N)N3CCC(Cc4ccccc4)CC3)cc2)cc1. The molecule has 0 unspecified atom stereocenters. The molecule has 0 bridgehead atoms. The monoisotopic (exact) mass is 481 g/mol. The molecule has 3 N–H and O–H groups in total. The van der Waals surface area contributed by atoms with Crippen molar-refractivity contribution in [3.63, 3.8) is 0 Å². The van der Waals surface area contributed by atoms with Gasteiger partial charge >= 0.3 is 0 Å². The van der Waals surface area contributed by atoms with Gasteiger partial charge in [-0.1, -0.05) is 42.5 Å². The highest BCUT2D eigenvalue weighted by Gasteiger charge is 2.24. The first-order chi connectivity index (χ1) is 17.7. The van der Waals surface area contributed by atoms with Gasteiger partial charge in [0.25, 0.3) is 0 Å². The van der Waals surface area contributed by atoms with Crippen molar-refractivity contribution in [3.8, 4) is 11.8 Å². The van der Waals surface area contributed by atoms with E-state index in [2.05, 4.69) is 46.2 Å². The first-order valence-electron chi connectivity index (χ1n) is 12.7. The van der Waals surface area contributed by atoms with E-state index in [9.17, 15) is 0 Å². The molecule has 6 heteroatoms. The smallest absolute Gasteiger partial charge is 0.198 e. The van der Waals surface area contributed by atoms with E-state index < -0.39 is 0 Å². The molecule has 0 radical (unpaired) electrons. The normalized spacial score (nSPS) is 13.7. The van der Waals surface area contributed by atoms with Gasteiger partial charge in [-0.05, 0) is 85.7 Å². The zero-order valence-electron chi connectivity index (χ0n) is 20.8. The predicted octanol–water partition coefficient (Wildman–Crippen LogP) is 5.18. The number of nitriles is 1. The van der Waals surface area contributed by atoms with Gasteiger partial charge < -0.3 is 20.3 Å². The average molecular weight is 482 g/mol. The molecule has 0 spiro atoms. The summed E-state index contributed by atoms with van der Waals surface area (Å²) in [5.41, 5.74) is 9.85. The number of ether oxygens (including phenoxy) is 1. The Balaban J connectivity index is 1.34. The van der Waals surface area contributed by atoms with Crippen LogP contribution in [0.4, 0.5) is 5.69 Å². The summed E-state index contributed by atoms with van der Waals surface area (Å²) in [6.07, 6.45) is 4.14. The molecule has 3 aromatic carbocycles. The Kier molecular flexibility index (Phi) is 8.96. The van der Waals surface area contributed by atoms with Crippen LogP contribution in [-0.2, 0) is 13.0 Å². The quantitative estimate of drug-likeness (QED) is 0.325. The van der Waals surface area contributed by atoms with Crippen molar-refractivity contribution in [2.24, 2.45) is 11.7 Å². The summed E-state index contributed by atoms with van der Waals surface area (Å²) in [6, 6.07) is 28.2. The van der Waals surface area contributed by atoms with Crippen LogP contribution >= 0.6 is 0 Å². The van der Waals surface area contributed by atoms with Gasteiger partial charge in [0.1, 0.15) is 12.4 Å². The fourth-order valence-electron chi connectivity index (χ4n) is 4.64. The lowest BCUT2D eigenvalue weighted by atomic mass is 9.90. The van der Waals surface area contributed by atoms with Crippen LogP contribution in [0.5, 0.6) is 5.75 Å². The Morgan fingerprint density at radius 1 is 0.972 bits per heavy atom. The number of guanidine groups is 1. The Labute approximate surface area is 214 Å². The predicted molar refractivity (Wildman–Crippen MR) is 145 cm³/mol. The lowest BCUT2D eigenvalue weighted by Crippen LogP contribution is -2.48. The minimum atomic E-state index is 0.440. The Bertz CT molecular complexity index is 1130. The number of nitrogens with one attached hydrogen (secondary N) is 1. The van der Waals surface area contributed by atoms with Gasteiger partial charge in [0.05, 0.1) is 11.6 Å². The molecule has 0 atom stereocenters. The van der Waals surface area contributed by atoms with Crippen molar-refractivity contribution in [2.45, 2.75) is 32.3 Å². The molecule has 1 aliphatic heterocycles. The van der Waals surface area contributed by atoms with E-state index in [-0.39, 0.29) is 0 Å². The summed E-state index contributed by atoms with van der Waals surface area (Å²) in [6.45, 7) is 3.55. The van der Waals surface area contributed by atoms with Crippen LogP contribution in [0.25, 0.3) is 0 Å². The van der Waals surface area contributed by atoms with E-state index in [1.165, 1.54) is 5.56 Å². The zero-order chi connectivity index (χ0) is 25.2. The molecule has 0 saturated carbocycles. The highest BCUT2D eigenvalue weighted by molar-refractivity contribution is 5.94. The van der Waals surface area contributed by atoms with Crippen LogP contribution in [-0.4, -0.2) is 37.0 Å². The minimum absolute atomic E-state index is 0.440. The molecule has 0 amide bonds. The van der Waals surface area contributed by atoms with E-state index in [1.54, 1.807) is 12.1 Å². The number of rotatable bonds is 9. The molecule has 1 aliphatic rings. The van der Waals surface area contributed by atoms with Crippen molar-refractivity contribution < 1.29 is 4.74 Å². The molecule has 186 valence electrons. The molecule has 6 nitrogen and oxygen atoms in total. The second-order valence-electron chi connectivity index (χ2n) is 9.33. The molecule has 0 aromatic heterocycles. The van der Waals surface area contributed by atoms with E-state index in [0.29, 0.717) is 37.1 Å². The highest BCUT2D eigenvalue weighted by Crippen LogP contribution is 2.25. The largest absolute Gasteiger partial charge is 0.489 e. The number of hydrogen-bond acceptors (Lipinski definition) is 4. The fourth-order valence-corrected chi connectivity index (χ4v) is 4.64. The van der Waals surface area contributed by atoms with E-state index in [1.807, 2.05) is 36.4 Å². The maximum Gasteiger partial charge on any atom is 0.198 e. The number of nitrogens with two attached hydrogens (primary N) is 1. The summed E-state index contributed by atoms with van der Waals surface area (Å²) in [4.78, 5) is 4.27. The van der Waals surface area contributed by atoms with Crippen LogP contribution in [0, 0.1) is 22.7 Å². The van der Waals surface area contributed by atoms with Gasteiger partial charge in [-0.3, -0.25) is 5.41 Å². The van der Waals surface area contributed by atoms with E-state index in [4.69, 9.17) is 21.1 Å². The van der Waals surface area contributed by atoms with Gasteiger partial charge in [-0.2, -0.15) is 5.26 Å². The third-order valence-corrected chi connectivity index (χ3v) is 6.76. The lowest BCUT2D eigenvalue weighted by molar-refractivity contribution is 0.261. The van der Waals surface area contributed by atoms with E-state index in [0.717, 1.165) is 55.8 Å². The fraction of sp³-hybridized carbons (Fsp3) is 0.333. The molecule has 1 saturated heterocycles. The minimum Gasteiger partial charge on any atom is -0.489 e. The summed E-state index contributed by atoms with van der Waals surface area (Å²) >= 11 is 0. The zero-order valence-corrected chi connectivity index (χ0v) is 20.8. The molecule has 4 rings (SSSR count). The average Bonchev–Trinajstić information content (AvgIpc) is 2.94. The number of nitrogens with zero attached hydrogens (tertiary/aromatic N) is 3. The first-order valence-corrected chi connectivity index (χ1v) is 12.7. The van der Waals surface area contributed by atoms with Crippen LogP contribution in [0.15, 0.2) is 78.9 Å². The molecule has 36 heavy (non-hydrogen) atoms. The standard InChI is InChI=1S/C30H35N5O/c31-17-4-18-35(30(33)34-19-15-25(16-20-34)21-24-5-2-1-3-6-24)28-11-13-29(14-12-28)36-23-27-9-7-26(22-32)8-10-27/h1-3,5-14,25,33H,4,15-21,23,31H2. The summed E-state index contributed by atoms with van der Waals surface area (Å²) in [5, 5.41) is 17.9. The van der Waals surface area contributed by atoms with Crippen LogP contribution in [0.1, 0.15) is 36.0 Å². The molecule has 1 fully saturated rings. The molecule has 3 aromatic rings. The van der Waals surface area contributed by atoms with Gasteiger partial charge in [-0.15, -0.1) is 0 Å². The van der Waals surface area contributed by atoms with Crippen molar-refractivity contribution in [1.82, 2.24) is 4.90 Å². The molecule has 1 heterocycles. The molecular formula is C30H35N5O. The Hall–Kier alpha value is -3.82. The highest BCUT2D eigenvalue weighted by atomic mass is 16.5. The van der Waals surface area contributed by atoms with Crippen LogP contribution in [0.3, 0.4) is 0 Å². The Morgan fingerprint density at radius 2 is 1.67 bits per heavy atom. The number of benzene rings is 3. The van der Waals surface area contributed by atoms with Crippen LogP contribution < -0.4 is 15.4 Å². The number of piperidine rings is 1. The van der Waals surface area contributed by atoms with Crippen LogP contribution in [0.2, 0.25) is 0 Å². The number of anilines is 1. The lowest BCUT2D eigenvalue weighted by Gasteiger charge is -2.38. The second kappa shape index (κ2) is 12.8. The topological polar surface area (TPSA) is 89.4 Å².